The molecule has 4 nitrogen and oxygen atoms in total. The third-order valence-corrected chi connectivity index (χ3v) is 5.44. The molecule has 5 heteroatoms. The summed E-state index contributed by atoms with van der Waals surface area (Å²) in [6.07, 6.45) is -0.544. The van der Waals surface area contributed by atoms with E-state index < -0.39 is 6.10 Å². The van der Waals surface area contributed by atoms with E-state index in [0.717, 1.165) is 21.2 Å². The molecule has 3 rings (SSSR count). The topological polar surface area (TPSA) is 50.7 Å². The summed E-state index contributed by atoms with van der Waals surface area (Å²) in [7, 11) is 0. The number of aryl methyl sites for hydroxylation is 1. The van der Waals surface area contributed by atoms with Crippen LogP contribution in [-0.4, -0.2) is 18.3 Å². The first-order valence-corrected chi connectivity index (χ1v) is 10.9. The molecule has 0 saturated heterocycles. The molecule has 2 N–H and O–H groups in total. The van der Waals surface area contributed by atoms with Gasteiger partial charge in [0.1, 0.15) is 6.61 Å². The van der Waals surface area contributed by atoms with E-state index in [1.54, 1.807) is 0 Å². The molecule has 158 valence electrons. The first-order valence-electron chi connectivity index (χ1n) is 10.1. The number of hydrogen-bond acceptors (Lipinski definition) is 4. The second kappa shape index (κ2) is 11.2. The fourth-order valence-corrected chi connectivity index (χ4v) is 3.80. The van der Waals surface area contributed by atoms with E-state index in [1.807, 2.05) is 61.5 Å². The first kappa shape index (κ1) is 22.3. The van der Waals surface area contributed by atoms with Gasteiger partial charge in [-0.3, -0.25) is 0 Å². The Morgan fingerprint density at radius 2 is 1.73 bits per heavy atom. The Morgan fingerprint density at radius 1 is 1.00 bits per heavy atom. The highest BCUT2D eigenvalue weighted by atomic mass is 79.9. The van der Waals surface area contributed by atoms with Crippen LogP contribution in [0, 0.1) is 6.92 Å². The van der Waals surface area contributed by atoms with Gasteiger partial charge in [0, 0.05) is 13.1 Å². The van der Waals surface area contributed by atoms with E-state index in [1.165, 1.54) is 5.56 Å². The lowest BCUT2D eigenvalue weighted by Gasteiger charge is -2.17. The van der Waals surface area contributed by atoms with Crippen molar-refractivity contribution >= 4 is 15.9 Å². The number of aliphatic hydroxyl groups is 1. The predicted molar refractivity (Wildman–Crippen MR) is 124 cm³/mol. The molecule has 1 unspecified atom stereocenters. The smallest absolute Gasteiger partial charge is 0.175 e. The van der Waals surface area contributed by atoms with Crippen LogP contribution in [-0.2, 0) is 13.2 Å². The average molecular weight is 470 g/mol. The Balaban J connectivity index is 1.65. The zero-order valence-electron chi connectivity index (χ0n) is 17.4. The summed E-state index contributed by atoms with van der Waals surface area (Å²) in [6, 6.07) is 21.9. The molecular formula is C25H28BrNO3. The number of halogens is 1. The number of aliphatic hydroxyl groups excluding tert-OH is 1. The lowest BCUT2D eigenvalue weighted by atomic mass is 10.1. The largest absolute Gasteiger partial charge is 0.490 e. The third kappa shape index (κ3) is 6.08. The van der Waals surface area contributed by atoms with Crippen LogP contribution in [0.25, 0.3) is 0 Å². The SMILES string of the molecule is CCOc1cc(CNCC(O)c2ccccc2)cc(Br)c1OCc1ccccc1C. The summed E-state index contributed by atoms with van der Waals surface area (Å²) >= 11 is 3.64. The highest BCUT2D eigenvalue weighted by Crippen LogP contribution is 2.37. The molecular weight excluding hydrogens is 442 g/mol. The molecule has 0 heterocycles. The summed E-state index contributed by atoms with van der Waals surface area (Å²) in [5, 5.41) is 13.6. The number of hydrogen-bond donors (Lipinski definition) is 2. The van der Waals surface area contributed by atoms with Gasteiger partial charge in [0.15, 0.2) is 11.5 Å². The maximum atomic E-state index is 10.3. The number of rotatable bonds is 10. The van der Waals surface area contributed by atoms with E-state index in [-0.39, 0.29) is 0 Å². The minimum atomic E-state index is -0.544. The number of benzene rings is 3. The van der Waals surface area contributed by atoms with Gasteiger partial charge in [-0.2, -0.15) is 0 Å². The van der Waals surface area contributed by atoms with Crippen LogP contribution in [0.5, 0.6) is 11.5 Å². The van der Waals surface area contributed by atoms with Crippen LogP contribution >= 0.6 is 15.9 Å². The Labute approximate surface area is 187 Å². The van der Waals surface area contributed by atoms with Gasteiger partial charge in [0.25, 0.3) is 0 Å². The molecule has 0 aliphatic rings. The summed E-state index contributed by atoms with van der Waals surface area (Å²) in [4.78, 5) is 0. The molecule has 0 saturated carbocycles. The lowest BCUT2D eigenvalue weighted by Crippen LogP contribution is -2.21. The lowest BCUT2D eigenvalue weighted by molar-refractivity contribution is 0.174. The van der Waals surface area contributed by atoms with Crippen molar-refractivity contribution < 1.29 is 14.6 Å². The van der Waals surface area contributed by atoms with Gasteiger partial charge in [-0.25, -0.2) is 0 Å². The fraction of sp³-hybridized carbons (Fsp3) is 0.280. The second-order valence-electron chi connectivity index (χ2n) is 7.11. The summed E-state index contributed by atoms with van der Waals surface area (Å²) < 4.78 is 12.8. The molecule has 3 aromatic carbocycles. The van der Waals surface area contributed by atoms with Crippen molar-refractivity contribution in [2.75, 3.05) is 13.2 Å². The highest BCUT2D eigenvalue weighted by molar-refractivity contribution is 9.10. The molecule has 0 fully saturated rings. The third-order valence-electron chi connectivity index (χ3n) is 4.85. The van der Waals surface area contributed by atoms with E-state index in [4.69, 9.17) is 9.47 Å². The van der Waals surface area contributed by atoms with E-state index in [0.29, 0.717) is 37.8 Å². The van der Waals surface area contributed by atoms with E-state index >= 15 is 0 Å². The molecule has 0 amide bonds. The molecule has 30 heavy (non-hydrogen) atoms. The van der Waals surface area contributed by atoms with Gasteiger partial charge in [0.2, 0.25) is 0 Å². The van der Waals surface area contributed by atoms with Gasteiger partial charge in [0.05, 0.1) is 17.2 Å². The van der Waals surface area contributed by atoms with Gasteiger partial charge in [-0.15, -0.1) is 0 Å². The molecule has 0 aliphatic carbocycles. The quantitative estimate of drug-likeness (QED) is 0.408. The Hall–Kier alpha value is -2.34. The van der Waals surface area contributed by atoms with Gasteiger partial charge >= 0.3 is 0 Å². The molecule has 1 atom stereocenters. The molecule has 0 spiro atoms. The van der Waals surface area contributed by atoms with Crippen LogP contribution < -0.4 is 14.8 Å². The molecule has 0 aromatic heterocycles. The zero-order valence-corrected chi connectivity index (χ0v) is 19.0. The average Bonchev–Trinajstić information content (AvgIpc) is 2.75. The van der Waals surface area contributed by atoms with Crippen LogP contribution in [0.4, 0.5) is 0 Å². The van der Waals surface area contributed by atoms with Gasteiger partial charge in [-0.05, 0) is 64.2 Å². The highest BCUT2D eigenvalue weighted by Gasteiger charge is 2.14. The summed E-state index contributed by atoms with van der Waals surface area (Å²) in [5.74, 6) is 1.41. The monoisotopic (exact) mass is 469 g/mol. The van der Waals surface area contributed by atoms with E-state index in [2.05, 4.69) is 40.3 Å². The minimum Gasteiger partial charge on any atom is -0.490 e. The summed E-state index contributed by atoms with van der Waals surface area (Å²) in [6.45, 7) is 6.15. The number of nitrogens with one attached hydrogen (secondary N) is 1. The van der Waals surface area contributed by atoms with Gasteiger partial charge in [-0.1, -0.05) is 54.6 Å². The van der Waals surface area contributed by atoms with Crippen LogP contribution in [0.2, 0.25) is 0 Å². The first-order chi connectivity index (χ1) is 14.6. The predicted octanol–water partition coefficient (Wildman–Crippen LogP) is 5.56. The number of ether oxygens (including phenoxy) is 2. The molecule has 0 aliphatic heterocycles. The molecule has 0 radical (unpaired) electrons. The molecule has 3 aromatic rings. The van der Waals surface area contributed by atoms with E-state index in [9.17, 15) is 5.11 Å². The van der Waals surface area contributed by atoms with Crippen molar-refractivity contribution in [1.29, 1.82) is 0 Å². The Morgan fingerprint density at radius 3 is 2.47 bits per heavy atom. The van der Waals surface area contributed by atoms with Gasteiger partial charge < -0.3 is 19.9 Å². The Kier molecular flexibility index (Phi) is 8.31. The van der Waals surface area contributed by atoms with Crippen LogP contribution in [0.3, 0.4) is 0 Å². The van der Waals surface area contributed by atoms with Crippen molar-refractivity contribution in [2.45, 2.75) is 33.1 Å². The minimum absolute atomic E-state index is 0.469. The summed E-state index contributed by atoms with van der Waals surface area (Å²) in [5.41, 5.74) is 4.30. The van der Waals surface area contributed by atoms with Crippen LogP contribution in [0.1, 0.15) is 35.3 Å². The Bertz CT molecular complexity index is 946. The van der Waals surface area contributed by atoms with Crippen molar-refractivity contribution in [1.82, 2.24) is 5.32 Å². The fourth-order valence-electron chi connectivity index (χ4n) is 3.19. The zero-order chi connectivity index (χ0) is 21.3. The van der Waals surface area contributed by atoms with Crippen molar-refractivity contribution in [3.63, 3.8) is 0 Å². The van der Waals surface area contributed by atoms with Crippen LogP contribution in [0.15, 0.2) is 71.2 Å². The van der Waals surface area contributed by atoms with Crippen molar-refractivity contribution in [2.24, 2.45) is 0 Å². The normalized spacial score (nSPS) is 11.9. The maximum absolute atomic E-state index is 10.3. The standard InChI is InChI=1S/C25H28BrNO3/c1-3-29-24-14-19(15-27-16-23(28)20-10-5-4-6-11-20)13-22(26)25(24)30-17-21-12-8-7-9-18(21)2/h4-14,23,27-28H,3,15-17H2,1-2H3. The second-order valence-corrected chi connectivity index (χ2v) is 7.96. The van der Waals surface area contributed by atoms with Crippen molar-refractivity contribution in [3.8, 4) is 11.5 Å². The maximum Gasteiger partial charge on any atom is 0.175 e. The molecule has 0 bridgehead atoms. The van der Waals surface area contributed by atoms with Crippen molar-refractivity contribution in [3.05, 3.63) is 93.5 Å².